The Hall–Kier alpha value is -1.56. The molecule has 1 aliphatic heterocycles. The summed E-state index contributed by atoms with van der Waals surface area (Å²) in [5.41, 5.74) is 2.17. The van der Waals surface area contributed by atoms with Crippen molar-refractivity contribution in [1.82, 2.24) is 24.9 Å². The van der Waals surface area contributed by atoms with Crippen molar-refractivity contribution in [3.63, 3.8) is 0 Å². The second-order valence-corrected chi connectivity index (χ2v) is 6.15. The first-order chi connectivity index (χ1) is 9.99. The number of nitrogens with one attached hydrogen (secondary N) is 1. The van der Waals surface area contributed by atoms with Gasteiger partial charge < -0.3 is 15.1 Å². The minimum Gasteiger partial charge on any atom is -0.334 e. The summed E-state index contributed by atoms with van der Waals surface area (Å²) < 4.78 is 1.81. The van der Waals surface area contributed by atoms with Gasteiger partial charge in [0.1, 0.15) is 0 Å². The summed E-state index contributed by atoms with van der Waals surface area (Å²) in [5, 5.41) is 7.42. The molecule has 2 rings (SSSR count). The Morgan fingerprint density at radius 3 is 2.95 bits per heavy atom. The Balaban J connectivity index is 1.82. The zero-order valence-electron chi connectivity index (χ0n) is 13.6. The van der Waals surface area contributed by atoms with Crippen molar-refractivity contribution in [2.24, 2.45) is 13.0 Å². The standard InChI is InChI=1S/C15H27N5O/c1-5-14-13(11-19(4)17-14)8-16-15(21)20-7-6-12(10-20)9-18(2)3/h11-12H,5-10H2,1-4H3,(H,16,21). The van der Waals surface area contributed by atoms with Crippen LogP contribution < -0.4 is 5.32 Å². The Morgan fingerprint density at radius 2 is 2.29 bits per heavy atom. The van der Waals surface area contributed by atoms with Gasteiger partial charge in [-0.25, -0.2) is 4.79 Å². The zero-order valence-corrected chi connectivity index (χ0v) is 13.6. The maximum Gasteiger partial charge on any atom is 0.317 e. The van der Waals surface area contributed by atoms with Gasteiger partial charge in [-0.15, -0.1) is 0 Å². The molecule has 6 heteroatoms. The molecule has 1 fully saturated rings. The van der Waals surface area contributed by atoms with E-state index in [2.05, 4.69) is 36.3 Å². The van der Waals surface area contributed by atoms with Gasteiger partial charge in [-0.1, -0.05) is 6.92 Å². The molecular weight excluding hydrogens is 266 g/mol. The monoisotopic (exact) mass is 293 g/mol. The van der Waals surface area contributed by atoms with Crippen LogP contribution in [0.2, 0.25) is 0 Å². The van der Waals surface area contributed by atoms with Crippen molar-refractivity contribution in [1.29, 1.82) is 0 Å². The summed E-state index contributed by atoms with van der Waals surface area (Å²) in [6, 6.07) is 0.0437. The number of amides is 2. The van der Waals surface area contributed by atoms with Crippen LogP contribution in [-0.4, -0.2) is 59.3 Å². The third-order valence-corrected chi connectivity index (χ3v) is 3.95. The second-order valence-electron chi connectivity index (χ2n) is 6.15. The molecule has 1 saturated heterocycles. The number of nitrogens with zero attached hydrogens (tertiary/aromatic N) is 4. The van der Waals surface area contributed by atoms with Gasteiger partial charge in [0.15, 0.2) is 0 Å². The highest BCUT2D eigenvalue weighted by Gasteiger charge is 2.26. The summed E-state index contributed by atoms with van der Waals surface area (Å²) >= 11 is 0. The summed E-state index contributed by atoms with van der Waals surface area (Å²) in [5.74, 6) is 0.593. The molecule has 6 nitrogen and oxygen atoms in total. The molecule has 0 aromatic carbocycles. The molecular formula is C15H27N5O. The summed E-state index contributed by atoms with van der Waals surface area (Å²) in [6.07, 6.45) is 3.97. The number of likely N-dealkylation sites (tertiary alicyclic amines) is 1. The smallest absolute Gasteiger partial charge is 0.317 e. The van der Waals surface area contributed by atoms with E-state index in [4.69, 9.17) is 0 Å². The molecule has 1 unspecified atom stereocenters. The average Bonchev–Trinajstić information content (AvgIpc) is 3.01. The van der Waals surface area contributed by atoms with Gasteiger partial charge in [0.25, 0.3) is 0 Å². The third kappa shape index (κ3) is 4.20. The van der Waals surface area contributed by atoms with E-state index in [1.165, 1.54) is 0 Å². The molecule has 0 saturated carbocycles. The van der Waals surface area contributed by atoms with E-state index >= 15 is 0 Å². The first-order valence-corrected chi connectivity index (χ1v) is 7.68. The summed E-state index contributed by atoms with van der Waals surface area (Å²) in [7, 11) is 6.08. The topological polar surface area (TPSA) is 53.4 Å². The molecule has 21 heavy (non-hydrogen) atoms. The quantitative estimate of drug-likeness (QED) is 0.884. The fourth-order valence-electron chi connectivity index (χ4n) is 2.99. The van der Waals surface area contributed by atoms with Crippen molar-refractivity contribution in [2.75, 3.05) is 33.7 Å². The molecule has 1 N–H and O–H groups in total. The van der Waals surface area contributed by atoms with Gasteiger partial charge in [0, 0.05) is 45.0 Å². The summed E-state index contributed by atoms with van der Waals surface area (Å²) in [6.45, 7) is 5.41. The van der Waals surface area contributed by atoms with Crippen molar-refractivity contribution in [2.45, 2.75) is 26.3 Å². The highest BCUT2D eigenvalue weighted by atomic mass is 16.2. The van der Waals surface area contributed by atoms with Gasteiger partial charge in [0.05, 0.1) is 5.69 Å². The lowest BCUT2D eigenvalue weighted by molar-refractivity contribution is 0.205. The van der Waals surface area contributed by atoms with Crippen LogP contribution >= 0.6 is 0 Å². The van der Waals surface area contributed by atoms with Gasteiger partial charge in [-0.3, -0.25) is 4.68 Å². The third-order valence-electron chi connectivity index (χ3n) is 3.95. The molecule has 2 amide bonds. The number of aryl methyl sites for hydroxylation is 2. The van der Waals surface area contributed by atoms with Crippen LogP contribution in [0.15, 0.2) is 6.20 Å². The van der Waals surface area contributed by atoms with Crippen LogP contribution in [-0.2, 0) is 20.0 Å². The minimum absolute atomic E-state index is 0.0437. The highest BCUT2D eigenvalue weighted by molar-refractivity contribution is 5.74. The Bertz CT molecular complexity index is 482. The molecule has 118 valence electrons. The van der Waals surface area contributed by atoms with E-state index < -0.39 is 0 Å². The normalized spacial score (nSPS) is 18.5. The summed E-state index contributed by atoms with van der Waals surface area (Å²) in [4.78, 5) is 16.3. The lowest BCUT2D eigenvalue weighted by atomic mass is 10.1. The van der Waals surface area contributed by atoms with E-state index in [0.717, 1.165) is 43.7 Å². The fourth-order valence-corrected chi connectivity index (χ4v) is 2.99. The number of urea groups is 1. The molecule has 0 spiro atoms. The number of hydrogen-bond acceptors (Lipinski definition) is 3. The van der Waals surface area contributed by atoms with Gasteiger partial charge in [0.2, 0.25) is 0 Å². The lowest BCUT2D eigenvalue weighted by Crippen LogP contribution is -2.38. The molecule has 1 aromatic heterocycles. The van der Waals surface area contributed by atoms with Crippen LogP contribution in [0.25, 0.3) is 0 Å². The number of hydrogen-bond donors (Lipinski definition) is 1. The van der Waals surface area contributed by atoms with Crippen molar-refractivity contribution in [3.8, 4) is 0 Å². The number of rotatable bonds is 5. The maximum absolute atomic E-state index is 12.2. The van der Waals surface area contributed by atoms with E-state index in [0.29, 0.717) is 12.5 Å². The van der Waals surface area contributed by atoms with E-state index in [1.54, 1.807) is 0 Å². The SMILES string of the molecule is CCc1nn(C)cc1CNC(=O)N1CCC(CN(C)C)C1. The Kier molecular flexibility index (Phi) is 5.22. The Morgan fingerprint density at radius 1 is 1.52 bits per heavy atom. The predicted octanol–water partition coefficient (Wildman–Crippen LogP) is 1.08. The maximum atomic E-state index is 12.2. The predicted molar refractivity (Wildman–Crippen MR) is 83.1 cm³/mol. The van der Waals surface area contributed by atoms with Gasteiger partial charge in [-0.2, -0.15) is 5.10 Å². The van der Waals surface area contributed by atoms with Crippen molar-refractivity contribution in [3.05, 3.63) is 17.5 Å². The first kappa shape index (κ1) is 15.8. The van der Waals surface area contributed by atoms with Crippen LogP contribution in [0.3, 0.4) is 0 Å². The minimum atomic E-state index is 0.0437. The lowest BCUT2D eigenvalue weighted by Gasteiger charge is -2.19. The van der Waals surface area contributed by atoms with Gasteiger partial charge >= 0.3 is 6.03 Å². The van der Waals surface area contributed by atoms with Crippen LogP contribution in [0.4, 0.5) is 4.79 Å². The van der Waals surface area contributed by atoms with E-state index in [1.807, 2.05) is 22.8 Å². The number of carbonyl (C=O) groups excluding carboxylic acids is 1. The van der Waals surface area contributed by atoms with E-state index in [9.17, 15) is 4.79 Å². The van der Waals surface area contributed by atoms with Gasteiger partial charge in [-0.05, 0) is 32.9 Å². The van der Waals surface area contributed by atoms with Crippen LogP contribution in [0.1, 0.15) is 24.6 Å². The molecule has 0 radical (unpaired) electrons. The molecule has 2 heterocycles. The van der Waals surface area contributed by atoms with Crippen molar-refractivity contribution < 1.29 is 4.79 Å². The average molecular weight is 293 g/mol. The Labute approximate surface area is 127 Å². The first-order valence-electron chi connectivity index (χ1n) is 7.68. The number of aromatic nitrogens is 2. The largest absolute Gasteiger partial charge is 0.334 e. The molecule has 1 aromatic rings. The molecule has 0 aliphatic carbocycles. The van der Waals surface area contributed by atoms with Crippen molar-refractivity contribution >= 4 is 6.03 Å². The van der Waals surface area contributed by atoms with E-state index in [-0.39, 0.29) is 6.03 Å². The molecule has 1 atom stereocenters. The fraction of sp³-hybridized carbons (Fsp3) is 0.733. The number of carbonyl (C=O) groups is 1. The molecule has 0 bridgehead atoms. The highest BCUT2D eigenvalue weighted by Crippen LogP contribution is 2.17. The zero-order chi connectivity index (χ0) is 15.4. The van der Waals surface area contributed by atoms with Crippen LogP contribution in [0.5, 0.6) is 0 Å². The second kappa shape index (κ2) is 6.93. The van der Waals surface area contributed by atoms with Crippen LogP contribution in [0, 0.1) is 5.92 Å². The molecule has 1 aliphatic rings.